The lowest BCUT2D eigenvalue weighted by molar-refractivity contribution is -0.161. The van der Waals surface area contributed by atoms with E-state index < -0.39 is 31.8 Å². The molecule has 3 aromatic rings. The first-order valence-electron chi connectivity index (χ1n) is 12.4. The van der Waals surface area contributed by atoms with Gasteiger partial charge in [0.1, 0.15) is 12.1 Å². The van der Waals surface area contributed by atoms with Crippen LogP contribution in [0.5, 0.6) is 0 Å². The standard InChI is InChI=1S/C27H33N3O5Si/c1-36(2,3)16-15-34-27(33)24-20(17-30-25(31)21-11-7-8-12-23(21)28-29-30)13-14-22(24)26(32)35-18-19-9-5-4-6-10-19/h4-12,20,22,24H,13-18H2,1-3H3/t20-,22-,24-/m0/s1. The average Bonchev–Trinajstić information content (AvgIpc) is 3.28. The molecule has 1 aliphatic carbocycles. The second-order valence-electron chi connectivity index (χ2n) is 10.6. The van der Waals surface area contributed by atoms with E-state index in [0.717, 1.165) is 11.6 Å². The Labute approximate surface area is 211 Å². The van der Waals surface area contributed by atoms with Gasteiger partial charge in [0.25, 0.3) is 5.56 Å². The van der Waals surface area contributed by atoms with Crippen molar-refractivity contribution in [1.82, 2.24) is 15.0 Å². The highest BCUT2D eigenvalue weighted by atomic mass is 28.3. The molecule has 190 valence electrons. The monoisotopic (exact) mass is 507 g/mol. The van der Waals surface area contributed by atoms with Crippen molar-refractivity contribution in [3.05, 3.63) is 70.5 Å². The van der Waals surface area contributed by atoms with Crippen molar-refractivity contribution >= 4 is 30.9 Å². The summed E-state index contributed by atoms with van der Waals surface area (Å²) in [6.07, 6.45) is 1.07. The third-order valence-electron chi connectivity index (χ3n) is 6.72. The number of hydrogen-bond donors (Lipinski definition) is 0. The maximum absolute atomic E-state index is 13.3. The molecule has 4 rings (SSSR count). The van der Waals surface area contributed by atoms with Gasteiger partial charge >= 0.3 is 11.9 Å². The number of rotatable bonds is 9. The van der Waals surface area contributed by atoms with Crippen LogP contribution in [0.2, 0.25) is 25.7 Å². The van der Waals surface area contributed by atoms with Crippen molar-refractivity contribution in [2.45, 2.75) is 51.7 Å². The number of aromatic nitrogens is 3. The Morgan fingerprint density at radius 3 is 2.44 bits per heavy atom. The molecule has 1 fully saturated rings. The van der Waals surface area contributed by atoms with Crippen LogP contribution in [-0.2, 0) is 32.2 Å². The van der Waals surface area contributed by atoms with Gasteiger partial charge in [0.05, 0.1) is 30.4 Å². The van der Waals surface area contributed by atoms with E-state index in [1.54, 1.807) is 24.3 Å². The van der Waals surface area contributed by atoms with E-state index >= 15 is 0 Å². The van der Waals surface area contributed by atoms with Crippen molar-refractivity contribution in [3.63, 3.8) is 0 Å². The lowest BCUT2D eigenvalue weighted by Crippen LogP contribution is -2.36. The fourth-order valence-electron chi connectivity index (χ4n) is 4.66. The first kappa shape index (κ1) is 25.8. The molecule has 1 aromatic heterocycles. The molecule has 0 bridgehead atoms. The zero-order valence-corrected chi connectivity index (χ0v) is 22.1. The van der Waals surface area contributed by atoms with E-state index in [1.165, 1.54) is 4.68 Å². The number of benzene rings is 2. The van der Waals surface area contributed by atoms with Gasteiger partial charge in [-0.05, 0) is 42.5 Å². The number of carbonyl (C=O) groups excluding carboxylic acids is 2. The lowest BCUT2D eigenvalue weighted by Gasteiger charge is -2.24. The summed E-state index contributed by atoms with van der Waals surface area (Å²) in [5.41, 5.74) is 1.14. The highest BCUT2D eigenvalue weighted by molar-refractivity contribution is 6.76. The fraction of sp³-hybridized carbons (Fsp3) is 0.444. The molecule has 1 heterocycles. The maximum Gasteiger partial charge on any atom is 0.310 e. The molecule has 1 saturated carbocycles. The van der Waals surface area contributed by atoms with Crippen molar-refractivity contribution in [2.24, 2.45) is 17.8 Å². The Hall–Kier alpha value is -3.33. The van der Waals surface area contributed by atoms with Crippen LogP contribution >= 0.6 is 0 Å². The third-order valence-corrected chi connectivity index (χ3v) is 8.43. The van der Waals surface area contributed by atoms with Crippen molar-refractivity contribution < 1.29 is 19.1 Å². The Morgan fingerprint density at radius 1 is 0.972 bits per heavy atom. The summed E-state index contributed by atoms with van der Waals surface area (Å²) >= 11 is 0. The molecule has 1 aliphatic rings. The molecular formula is C27H33N3O5Si. The SMILES string of the molecule is C[Si](C)(C)CCOC(=O)[C@H]1[C@H](Cn2nnc3ccccc3c2=O)CC[C@@H]1C(=O)OCc1ccccc1. The van der Waals surface area contributed by atoms with Crippen LogP contribution in [0, 0.1) is 17.8 Å². The van der Waals surface area contributed by atoms with Gasteiger partial charge in [0.2, 0.25) is 0 Å². The van der Waals surface area contributed by atoms with Crippen LogP contribution in [0.15, 0.2) is 59.4 Å². The van der Waals surface area contributed by atoms with Gasteiger partial charge in [0, 0.05) is 8.07 Å². The molecule has 0 spiro atoms. The van der Waals surface area contributed by atoms with E-state index in [1.807, 2.05) is 30.3 Å². The minimum absolute atomic E-state index is 0.147. The molecule has 36 heavy (non-hydrogen) atoms. The number of carbonyl (C=O) groups is 2. The zero-order chi connectivity index (χ0) is 25.7. The molecule has 0 saturated heterocycles. The van der Waals surface area contributed by atoms with Gasteiger partial charge in [-0.15, -0.1) is 5.10 Å². The smallest absolute Gasteiger partial charge is 0.310 e. The highest BCUT2D eigenvalue weighted by Crippen LogP contribution is 2.40. The van der Waals surface area contributed by atoms with E-state index in [4.69, 9.17) is 9.47 Å². The third kappa shape index (κ3) is 6.26. The molecular weight excluding hydrogens is 474 g/mol. The number of fused-ring (bicyclic) bond motifs is 1. The summed E-state index contributed by atoms with van der Waals surface area (Å²) in [7, 11) is -1.40. The molecule has 0 N–H and O–H groups in total. The summed E-state index contributed by atoms with van der Waals surface area (Å²) in [4.78, 5) is 39.4. The summed E-state index contributed by atoms with van der Waals surface area (Å²) in [6.45, 7) is 7.31. The van der Waals surface area contributed by atoms with E-state index in [0.29, 0.717) is 30.4 Å². The molecule has 0 amide bonds. The largest absolute Gasteiger partial charge is 0.466 e. The highest BCUT2D eigenvalue weighted by Gasteiger charge is 2.47. The van der Waals surface area contributed by atoms with E-state index in [2.05, 4.69) is 30.0 Å². The zero-order valence-electron chi connectivity index (χ0n) is 21.1. The van der Waals surface area contributed by atoms with E-state index in [9.17, 15) is 14.4 Å². The van der Waals surface area contributed by atoms with Gasteiger partial charge in [-0.2, -0.15) is 0 Å². The van der Waals surface area contributed by atoms with Crippen LogP contribution < -0.4 is 5.56 Å². The molecule has 8 nitrogen and oxygen atoms in total. The molecule has 3 atom stereocenters. The molecule has 2 aromatic carbocycles. The Kier molecular flexibility index (Phi) is 7.98. The van der Waals surface area contributed by atoms with Crippen molar-refractivity contribution in [2.75, 3.05) is 6.61 Å². The lowest BCUT2D eigenvalue weighted by atomic mass is 9.89. The molecule has 0 unspecified atom stereocenters. The predicted molar refractivity (Wildman–Crippen MR) is 139 cm³/mol. The van der Waals surface area contributed by atoms with Gasteiger partial charge in [-0.3, -0.25) is 14.4 Å². The fourth-order valence-corrected chi connectivity index (χ4v) is 5.38. The summed E-state index contributed by atoms with van der Waals surface area (Å²) < 4.78 is 12.6. The summed E-state index contributed by atoms with van der Waals surface area (Å²) in [5, 5.41) is 8.72. The summed E-state index contributed by atoms with van der Waals surface area (Å²) in [5.74, 6) is -2.42. The van der Waals surface area contributed by atoms with Gasteiger partial charge in [-0.25, -0.2) is 4.68 Å². The number of nitrogens with zero attached hydrogens (tertiary/aromatic N) is 3. The summed E-state index contributed by atoms with van der Waals surface area (Å²) in [6, 6.07) is 17.3. The molecule has 0 aliphatic heterocycles. The van der Waals surface area contributed by atoms with Crippen LogP contribution in [0.25, 0.3) is 10.9 Å². The second-order valence-corrected chi connectivity index (χ2v) is 16.3. The Bertz CT molecular complexity index is 1270. The average molecular weight is 508 g/mol. The number of ether oxygens (including phenoxy) is 2. The number of esters is 2. The van der Waals surface area contributed by atoms with E-state index in [-0.39, 0.29) is 24.6 Å². The predicted octanol–water partition coefficient (Wildman–Crippen LogP) is 4.06. The van der Waals surface area contributed by atoms with Gasteiger partial charge in [-0.1, -0.05) is 67.3 Å². The Balaban J connectivity index is 1.52. The van der Waals surface area contributed by atoms with Crippen LogP contribution in [0.1, 0.15) is 18.4 Å². The van der Waals surface area contributed by atoms with Crippen LogP contribution in [0.3, 0.4) is 0 Å². The van der Waals surface area contributed by atoms with Crippen LogP contribution in [0.4, 0.5) is 0 Å². The normalized spacial score (nSPS) is 19.8. The molecule has 9 heteroatoms. The first-order valence-corrected chi connectivity index (χ1v) is 16.1. The van der Waals surface area contributed by atoms with Crippen LogP contribution in [-0.4, -0.2) is 41.6 Å². The topological polar surface area (TPSA) is 100 Å². The first-order chi connectivity index (χ1) is 17.2. The van der Waals surface area contributed by atoms with Crippen molar-refractivity contribution in [1.29, 1.82) is 0 Å². The quantitative estimate of drug-likeness (QED) is 0.318. The second kappa shape index (κ2) is 11.2. The van der Waals surface area contributed by atoms with Gasteiger partial charge in [0.15, 0.2) is 0 Å². The van der Waals surface area contributed by atoms with Gasteiger partial charge < -0.3 is 9.47 Å². The minimum atomic E-state index is -1.40. The maximum atomic E-state index is 13.3. The molecule has 0 radical (unpaired) electrons. The Morgan fingerprint density at radius 2 is 1.69 bits per heavy atom. The van der Waals surface area contributed by atoms with Crippen molar-refractivity contribution in [3.8, 4) is 0 Å². The number of hydrogen-bond acceptors (Lipinski definition) is 7. The minimum Gasteiger partial charge on any atom is -0.466 e.